The van der Waals surface area contributed by atoms with E-state index in [1.165, 1.54) is 0 Å². The number of nitrogens with zero attached hydrogens (tertiary/aromatic N) is 3. The molecule has 0 aliphatic rings. The molecule has 0 saturated carbocycles. The quantitative estimate of drug-likeness (QED) is 0.524. The Bertz CT molecular complexity index is 937. The summed E-state index contributed by atoms with van der Waals surface area (Å²) in [5.41, 5.74) is 7.05. The zero-order chi connectivity index (χ0) is 18.9. The van der Waals surface area contributed by atoms with E-state index < -0.39 is 5.95 Å². The Morgan fingerprint density at radius 1 is 1.35 bits per heavy atom. The molecule has 0 fully saturated rings. The molecule has 3 N–H and O–H groups in total. The number of halogens is 1. The molecule has 0 aliphatic carbocycles. The van der Waals surface area contributed by atoms with Crippen molar-refractivity contribution in [3.05, 3.63) is 36.5 Å². The van der Waals surface area contributed by atoms with Gasteiger partial charge < -0.3 is 15.6 Å². The first-order chi connectivity index (χ1) is 12.3. The number of hydrogen-bond donors (Lipinski definition) is 2. The number of nitrogen functional groups attached to an aromatic ring is 1. The van der Waals surface area contributed by atoms with Gasteiger partial charge in [-0.05, 0) is 12.1 Å². The molecule has 0 aliphatic heterocycles. The average Bonchev–Trinajstić information content (AvgIpc) is 2.94. The van der Waals surface area contributed by atoms with E-state index in [0.717, 1.165) is 4.90 Å². The minimum Gasteiger partial charge on any atom is -0.490 e. The summed E-state index contributed by atoms with van der Waals surface area (Å²) < 4.78 is 21.7. The number of rotatable bonds is 5. The second-order valence-electron chi connectivity index (χ2n) is 6.73. The molecule has 0 amide bonds. The van der Waals surface area contributed by atoms with Crippen molar-refractivity contribution in [3.8, 4) is 17.0 Å². The predicted octanol–water partition coefficient (Wildman–Crippen LogP) is 3.38. The van der Waals surface area contributed by atoms with Crippen LogP contribution in [-0.2, 0) is 0 Å². The van der Waals surface area contributed by atoms with Gasteiger partial charge in [0.2, 0.25) is 5.95 Å². The SMILES string of the molecule is CC(C)(C)Sc1cn2c(-c3ccc(N)nc3F)cnc2cc1OCCO. The van der Waals surface area contributed by atoms with Gasteiger partial charge in [0.25, 0.3) is 0 Å². The fourth-order valence-electron chi connectivity index (χ4n) is 2.50. The number of fused-ring (bicyclic) bond motifs is 1. The third-order valence-corrected chi connectivity index (χ3v) is 4.62. The van der Waals surface area contributed by atoms with E-state index >= 15 is 0 Å². The van der Waals surface area contributed by atoms with Crippen LogP contribution in [0, 0.1) is 5.95 Å². The molecule has 3 aromatic rings. The van der Waals surface area contributed by atoms with Crippen LogP contribution >= 0.6 is 11.8 Å². The van der Waals surface area contributed by atoms with Gasteiger partial charge in [0.1, 0.15) is 23.8 Å². The number of pyridine rings is 2. The topological polar surface area (TPSA) is 85.7 Å². The van der Waals surface area contributed by atoms with Crippen LogP contribution in [0.4, 0.5) is 10.2 Å². The van der Waals surface area contributed by atoms with Crippen LogP contribution in [0.1, 0.15) is 20.8 Å². The molecule has 0 spiro atoms. The van der Waals surface area contributed by atoms with E-state index in [-0.39, 0.29) is 23.8 Å². The Morgan fingerprint density at radius 2 is 2.12 bits per heavy atom. The Balaban J connectivity index is 2.14. The standard InChI is InChI=1S/C18H21FN4O2S/c1-18(2,3)26-14-10-23-12(11-4-5-15(20)22-17(11)19)9-21-16(23)8-13(14)25-7-6-24/h4-5,8-10,24H,6-7H2,1-3H3,(H2,20,22). The number of aliphatic hydroxyl groups excluding tert-OH is 1. The molecule has 3 rings (SSSR count). The average molecular weight is 376 g/mol. The van der Waals surface area contributed by atoms with Crippen molar-refractivity contribution in [1.82, 2.24) is 14.4 Å². The summed E-state index contributed by atoms with van der Waals surface area (Å²) in [6, 6.07) is 4.94. The van der Waals surface area contributed by atoms with E-state index in [0.29, 0.717) is 22.7 Å². The number of aromatic nitrogens is 3. The molecule has 0 bridgehead atoms. The Labute approximate surface area is 155 Å². The van der Waals surface area contributed by atoms with Crippen LogP contribution < -0.4 is 10.5 Å². The van der Waals surface area contributed by atoms with E-state index in [9.17, 15) is 4.39 Å². The first kappa shape index (κ1) is 18.5. The summed E-state index contributed by atoms with van der Waals surface area (Å²) >= 11 is 1.62. The first-order valence-corrected chi connectivity index (χ1v) is 8.96. The van der Waals surface area contributed by atoms with Gasteiger partial charge in [-0.25, -0.2) is 9.97 Å². The summed E-state index contributed by atoms with van der Waals surface area (Å²) in [6.07, 6.45) is 3.46. The summed E-state index contributed by atoms with van der Waals surface area (Å²) in [7, 11) is 0. The number of imidazole rings is 1. The Kier molecular flexibility index (Phi) is 5.06. The fraction of sp³-hybridized carbons (Fsp3) is 0.333. The fourth-order valence-corrected chi connectivity index (χ4v) is 3.54. The van der Waals surface area contributed by atoms with Crippen LogP contribution in [0.2, 0.25) is 0 Å². The highest BCUT2D eigenvalue weighted by atomic mass is 32.2. The number of thioether (sulfide) groups is 1. The highest BCUT2D eigenvalue weighted by Crippen LogP contribution is 2.39. The molecule has 3 aromatic heterocycles. The van der Waals surface area contributed by atoms with E-state index in [2.05, 4.69) is 30.7 Å². The number of anilines is 1. The van der Waals surface area contributed by atoms with Gasteiger partial charge in [-0.2, -0.15) is 4.39 Å². The molecule has 8 heteroatoms. The monoisotopic (exact) mass is 376 g/mol. The third-order valence-electron chi connectivity index (χ3n) is 3.49. The van der Waals surface area contributed by atoms with Crippen molar-refractivity contribution >= 4 is 23.2 Å². The van der Waals surface area contributed by atoms with Crippen LogP contribution in [0.25, 0.3) is 16.9 Å². The lowest BCUT2D eigenvalue weighted by Gasteiger charge is -2.20. The molecule has 0 unspecified atom stereocenters. The molecule has 0 atom stereocenters. The molecule has 6 nitrogen and oxygen atoms in total. The normalized spacial score (nSPS) is 11.9. The lowest BCUT2D eigenvalue weighted by atomic mass is 10.2. The molecular formula is C18H21FN4O2S. The maximum absolute atomic E-state index is 14.3. The van der Waals surface area contributed by atoms with Crippen molar-refractivity contribution < 1.29 is 14.2 Å². The lowest BCUT2D eigenvalue weighted by molar-refractivity contribution is 0.198. The van der Waals surface area contributed by atoms with Crippen LogP contribution in [0.15, 0.2) is 35.5 Å². The molecule has 0 saturated heterocycles. The second-order valence-corrected chi connectivity index (χ2v) is 8.60. The maximum Gasteiger partial charge on any atom is 0.224 e. The summed E-state index contributed by atoms with van der Waals surface area (Å²) in [5, 5.41) is 9.06. The Morgan fingerprint density at radius 3 is 2.77 bits per heavy atom. The van der Waals surface area contributed by atoms with E-state index in [1.807, 2.05) is 6.20 Å². The summed E-state index contributed by atoms with van der Waals surface area (Å²) in [4.78, 5) is 8.92. The molecular weight excluding hydrogens is 355 g/mol. The zero-order valence-corrected chi connectivity index (χ0v) is 15.7. The van der Waals surface area contributed by atoms with E-state index in [4.69, 9.17) is 15.6 Å². The van der Waals surface area contributed by atoms with E-state index in [1.54, 1.807) is 40.6 Å². The largest absolute Gasteiger partial charge is 0.490 e. The molecule has 138 valence electrons. The lowest BCUT2D eigenvalue weighted by Crippen LogP contribution is -2.09. The minimum absolute atomic E-state index is 0.0558. The molecule has 0 radical (unpaired) electrons. The van der Waals surface area contributed by atoms with Gasteiger partial charge in [-0.1, -0.05) is 20.8 Å². The highest BCUT2D eigenvalue weighted by Gasteiger charge is 2.19. The van der Waals surface area contributed by atoms with Gasteiger partial charge >= 0.3 is 0 Å². The summed E-state index contributed by atoms with van der Waals surface area (Å²) in [6.45, 7) is 6.40. The highest BCUT2D eigenvalue weighted by molar-refractivity contribution is 8.00. The smallest absolute Gasteiger partial charge is 0.224 e. The van der Waals surface area contributed by atoms with Crippen molar-refractivity contribution in [1.29, 1.82) is 0 Å². The van der Waals surface area contributed by atoms with Crippen molar-refractivity contribution in [2.24, 2.45) is 0 Å². The number of hydrogen-bond acceptors (Lipinski definition) is 6. The van der Waals surface area contributed by atoms with Gasteiger partial charge in [-0.15, -0.1) is 11.8 Å². The Hall–Kier alpha value is -2.32. The second kappa shape index (κ2) is 7.13. The predicted molar refractivity (Wildman–Crippen MR) is 101 cm³/mol. The minimum atomic E-state index is -0.641. The number of ether oxygens (including phenoxy) is 1. The van der Waals surface area contributed by atoms with Crippen molar-refractivity contribution in [2.75, 3.05) is 18.9 Å². The van der Waals surface area contributed by atoms with Crippen LogP contribution in [-0.4, -0.2) is 37.4 Å². The number of nitrogens with two attached hydrogens (primary N) is 1. The summed E-state index contributed by atoms with van der Waals surface area (Å²) in [5.74, 6) is 0.126. The van der Waals surface area contributed by atoms with Crippen LogP contribution in [0.5, 0.6) is 5.75 Å². The molecule has 0 aromatic carbocycles. The first-order valence-electron chi connectivity index (χ1n) is 8.14. The molecule has 26 heavy (non-hydrogen) atoms. The van der Waals surface area contributed by atoms with Crippen molar-refractivity contribution in [2.45, 2.75) is 30.4 Å². The van der Waals surface area contributed by atoms with Gasteiger partial charge in [0.15, 0.2) is 0 Å². The van der Waals surface area contributed by atoms with Gasteiger partial charge in [0.05, 0.1) is 29.0 Å². The third kappa shape index (κ3) is 3.91. The molecule has 3 heterocycles. The maximum atomic E-state index is 14.3. The van der Waals surface area contributed by atoms with Crippen molar-refractivity contribution in [3.63, 3.8) is 0 Å². The zero-order valence-electron chi connectivity index (χ0n) is 14.9. The number of aliphatic hydroxyl groups is 1. The van der Waals surface area contributed by atoms with Gasteiger partial charge in [0, 0.05) is 17.0 Å². The van der Waals surface area contributed by atoms with Crippen LogP contribution in [0.3, 0.4) is 0 Å². The van der Waals surface area contributed by atoms with Gasteiger partial charge in [-0.3, -0.25) is 4.40 Å².